The molecular weight excluding hydrogens is 116 g/mol. The van der Waals surface area contributed by atoms with E-state index < -0.39 is 5.60 Å². The molecule has 0 rings (SSSR count). The van der Waals surface area contributed by atoms with Crippen molar-refractivity contribution in [3.63, 3.8) is 0 Å². The average molecular weight is 130 g/mol. The van der Waals surface area contributed by atoms with Gasteiger partial charge in [0.15, 0.2) is 0 Å². The Hall–Kier alpha value is -0.340. The highest BCUT2D eigenvalue weighted by atomic mass is 16.3. The molecule has 0 spiro atoms. The Morgan fingerprint density at radius 3 is 2.33 bits per heavy atom. The number of hydrogen-bond donors (Lipinski definition) is 2. The maximum absolute atomic E-state index is 9.31. The van der Waals surface area contributed by atoms with Crippen LogP contribution in [0.15, 0.2) is 12.7 Å². The van der Waals surface area contributed by atoms with Crippen LogP contribution in [0, 0.1) is 5.92 Å². The lowest BCUT2D eigenvalue weighted by molar-refractivity contribution is 0.0258. The zero-order chi connectivity index (χ0) is 7.49. The third-order valence-electron chi connectivity index (χ3n) is 1.68. The van der Waals surface area contributed by atoms with Crippen LogP contribution >= 0.6 is 0 Å². The molecule has 0 aliphatic carbocycles. The molecule has 0 aromatic carbocycles. The fourth-order valence-corrected chi connectivity index (χ4v) is 0.386. The van der Waals surface area contributed by atoms with E-state index in [9.17, 15) is 5.11 Å². The summed E-state index contributed by atoms with van der Waals surface area (Å²) in [5.74, 6) is -0.144. The van der Waals surface area contributed by atoms with Gasteiger partial charge in [0.2, 0.25) is 0 Å². The summed E-state index contributed by atoms with van der Waals surface area (Å²) in [5.41, 5.74) is -0.936. The average Bonchev–Trinajstić information content (AvgIpc) is 1.86. The first-order chi connectivity index (χ1) is 4.04. The first-order valence-electron chi connectivity index (χ1n) is 3.01. The molecule has 0 radical (unpaired) electrons. The van der Waals surface area contributed by atoms with Gasteiger partial charge in [-0.1, -0.05) is 13.0 Å². The maximum Gasteiger partial charge on any atom is 0.0844 e. The Labute approximate surface area is 55.8 Å². The molecular formula is C7H14O2. The molecule has 0 unspecified atom stereocenters. The minimum atomic E-state index is -0.936. The third kappa shape index (κ3) is 2.16. The molecule has 0 aliphatic heterocycles. The van der Waals surface area contributed by atoms with Crippen molar-refractivity contribution in [1.29, 1.82) is 0 Å². The first kappa shape index (κ1) is 8.66. The Morgan fingerprint density at radius 2 is 2.22 bits per heavy atom. The standard InChI is InChI=1S/C7H14O2/c1-4-7(3,9)6(2)5-8/h4,6,8-9H,1,5H2,2-3H3/t6-,7+/m1/s1. The van der Waals surface area contributed by atoms with Crippen LogP contribution in [0.25, 0.3) is 0 Å². The highest BCUT2D eigenvalue weighted by Gasteiger charge is 2.22. The topological polar surface area (TPSA) is 40.5 Å². The number of hydrogen-bond acceptors (Lipinski definition) is 2. The van der Waals surface area contributed by atoms with E-state index >= 15 is 0 Å². The van der Waals surface area contributed by atoms with Gasteiger partial charge in [0, 0.05) is 12.5 Å². The summed E-state index contributed by atoms with van der Waals surface area (Å²) in [4.78, 5) is 0. The van der Waals surface area contributed by atoms with E-state index in [0.29, 0.717) is 0 Å². The lowest BCUT2D eigenvalue weighted by Crippen LogP contribution is -2.32. The van der Waals surface area contributed by atoms with Crippen molar-refractivity contribution >= 4 is 0 Å². The van der Waals surface area contributed by atoms with E-state index in [1.807, 2.05) is 0 Å². The van der Waals surface area contributed by atoms with Crippen molar-refractivity contribution in [2.75, 3.05) is 6.61 Å². The van der Waals surface area contributed by atoms with Crippen LogP contribution in [0.5, 0.6) is 0 Å². The molecule has 9 heavy (non-hydrogen) atoms. The second kappa shape index (κ2) is 2.99. The van der Waals surface area contributed by atoms with Gasteiger partial charge in [-0.2, -0.15) is 0 Å². The molecule has 2 nitrogen and oxygen atoms in total. The molecule has 2 atom stereocenters. The van der Waals surface area contributed by atoms with E-state index in [2.05, 4.69) is 6.58 Å². The van der Waals surface area contributed by atoms with Gasteiger partial charge in [0.25, 0.3) is 0 Å². The molecule has 2 heteroatoms. The van der Waals surface area contributed by atoms with Gasteiger partial charge in [-0.15, -0.1) is 6.58 Å². The van der Waals surface area contributed by atoms with Crippen molar-refractivity contribution in [3.8, 4) is 0 Å². The second-order valence-electron chi connectivity index (χ2n) is 2.51. The highest BCUT2D eigenvalue weighted by Crippen LogP contribution is 2.16. The summed E-state index contributed by atoms with van der Waals surface area (Å²) < 4.78 is 0. The van der Waals surface area contributed by atoms with E-state index in [-0.39, 0.29) is 12.5 Å². The van der Waals surface area contributed by atoms with E-state index in [4.69, 9.17) is 5.11 Å². The van der Waals surface area contributed by atoms with Crippen LogP contribution in [0.4, 0.5) is 0 Å². The molecule has 0 fully saturated rings. The van der Waals surface area contributed by atoms with Gasteiger partial charge in [-0.25, -0.2) is 0 Å². The predicted molar refractivity (Wildman–Crippen MR) is 37.1 cm³/mol. The number of aliphatic hydroxyl groups is 2. The summed E-state index contributed by atoms with van der Waals surface area (Å²) in [6, 6.07) is 0. The van der Waals surface area contributed by atoms with Crippen LogP contribution in [0.3, 0.4) is 0 Å². The Kier molecular flexibility index (Phi) is 2.88. The zero-order valence-electron chi connectivity index (χ0n) is 5.96. The van der Waals surface area contributed by atoms with E-state index in [1.54, 1.807) is 13.8 Å². The molecule has 0 aliphatic rings. The normalized spacial score (nSPS) is 20.4. The van der Waals surface area contributed by atoms with Gasteiger partial charge < -0.3 is 10.2 Å². The molecule has 0 saturated heterocycles. The largest absolute Gasteiger partial charge is 0.396 e. The molecule has 2 N–H and O–H groups in total. The first-order valence-corrected chi connectivity index (χ1v) is 3.01. The molecule has 0 saturated carbocycles. The Balaban J connectivity index is 3.95. The molecule has 0 aromatic heterocycles. The number of aliphatic hydroxyl groups excluding tert-OH is 1. The summed E-state index contributed by atoms with van der Waals surface area (Å²) in [5, 5.41) is 17.9. The van der Waals surface area contributed by atoms with Crippen LogP contribution in [-0.4, -0.2) is 22.4 Å². The smallest absolute Gasteiger partial charge is 0.0844 e. The highest BCUT2D eigenvalue weighted by molar-refractivity contribution is 4.95. The van der Waals surface area contributed by atoms with Gasteiger partial charge in [0.1, 0.15) is 0 Å². The quantitative estimate of drug-likeness (QED) is 0.548. The fraction of sp³-hybridized carbons (Fsp3) is 0.714. The summed E-state index contributed by atoms with van der Waals surface area (Å²) in [6.45, 7) is 6.82. The van der Waals surface area contributed by atoms with Crippen LogP contribution in [0.1, 0.15) is 13.8 Å². The molecule has 0 bridgehead atoms. The van der Waals surface area contributed by atoms with E-state index in [1.165, 1.54) is 6.08 Å². The second-order valence-corrected chi connectivity index (χ2v) is 2.51. The molecule has 0 heterocycles. The lowest BCUT2D eigenvalue weighted by Gasteiger charge is -2.24. The minimum Gasteiger partial charge on any atom is -0.396 e. The van der Waals surface area contributed by atoms with Gasteiger partial charge in [-0.3, -0.25) is 0 Å². The Bertz CT molecular complexity index is 97.1. The van der Waals surface area contributed by atoms with Gasteiger partial charge in [0.05, 0.1) is 5.60 Å². The minimum absolute atomic E-state index is 0.0149. The van der Waals surface area contributed by atoms with Crippen molar-refractivity contribution in [2.24, 2.45) is 5.92 Å². The SMILES string of the molecule is C=C[C@](C)(O)[C@H](C)CO. The molecule has 0 aromatic rings. The maximum atomic E-state index is 9.31. The van der Waals surface area contributed by atoms with E-state index in [0.717, 1.165) is 0 Å². The summed E-state index contributed by atoms with van der Waals surface area (Å²) in [6.07, 6.45) is 1.44. The van der Waals surface area contributed by atoms with Crippen LogP contribution < -0.4 is 0 Å². The van der Waals surface area contributed by atoms with Crippen molar-refractivity contribution in [2.45, 2.75) is 19.4 Å². The fourth-order valence-electron chi connectivity index (χ4n) is 0.386. The van der Waals surface area contributed by atoms with Crippen molar-refractivity contribution in [3.05, 3.63) is 12.7 Å². The van der Waals surface area contributed by atoms with Crippen molar-refractivity contribution in [1.82, 2.24) is 0 Å². The zero-order valence-corrected chi connectivity index (χ0v) is 5.96. The lowest BCUT2D eigenvalue weighted by atomic mass is 9.92. The van der Waals surface area contributed by atoms with Gasteiger partial charge >= 0.3 is 0 Å². The van der Waals surface area contributed by atoms with Gasteiger partial charge in [-0.05, 0) is 6.92 Å². The number of rotatable bonds is 3. The monoisotopic (exact) mass is 130 g/mol. The summed E-state index contributed by atoms with van der Waals surface area (Å²) in [7, 11) is 0. The summed E-state index contributed by atoms with van der Waals surface area (Å²) >= 11 is 0. The molecule has 54 valence electrons. The van der Waals surface area contributed by atoms with Crippen molar-refractivity contribution < 1.29 is 10.2 Å². The Morgan fingerprint density at radius 1 is 1.78 bits per heavy atom. The predicted octanol–water partition coefficient (Wildman–Crippen LogP) is 0.552. The van der Waals surface area contributed by atoms with Crippen LogP contribution in [0.2, 0.25) is 0 Å². The third-order valence-corrected chi connectivity index (χ3v) is 1.68. The van der Waals surface area contributed by atoms with Crippen LogP contribution in [-0.2, 0) is 0 Å². The molecule has 0 amide bonds.